The normalized spacial score (nSPS) is 19.1. The van der Waals surface area contributed by atoms with Gasteiger partial charge in [-0.1, -0.05) is 26.0 Å². The molecule has 2 heterocycles. The molecule has 0 bridgehead atoms. The summed E-state index contributed by atoms with van der Waals surface area (Å²) in [6.45, 7) is 7.95. The smallest absolute Gasteiger partial charge is 0.0522 e. The molecule has 0 saturated carbocycles. The Hall–Kier alpha value is -1.26. The third-order valence-electron chi connectivity index (χ3n) is 4.86. The number of rotatable bonds is 6. The zero-order valence-corrected chi connectivity index (χ0v) is 15.9. The predicted molar refractivity (Wildman–Crippen MR) is 103 cm³/mol. The minimum absolute atomic E-state index is 0.598. The summed E-state index contributed by atoms with van der Waals surface area (Å²) in [4.78, 5) is 3.94. The van der Waals surface area contributed by atoms with Gasteiger partial charge in [-0.05, 0) is 61.2 Å². The molecule has 3 nitrogen and oxygen atoms in total. The first-order chi connectivity index (χ1) is 11.7. The monoisotopic (exact) mass is 343 g/mol. The minimum Gasteiger partial charge on any atom is -0.298 e. The Balaban J connectivity index is 1.64. The Kier molecular flexibility index (Phi) is 6.01. The van der Waals surface area contributed by atoms with Crippen molar-refractivity contribution in [3.05, 3.63) is 47.3 Å². The van der Waals surface area contributed by atoms with Crippen molar-refractivity contribution >= 4 is 11.8 Å². The molecule has 1 unspecified atom stereocenters. The first-order valence-electron chi connectivity index (χ1n) is 9.03. The fourth-order valence-electron chi connectivity index (χ4n) is 3.70. The van der Waals surface area contributed by atoms with E-state index in [1.165, 1.54) is 41.1 Å². The Labute approximate surface area is 150 Å². The van der Waals surface area contributed by atoms with Gasteiger partial charge in [0.15, 0.2) is 0 Å². The fraction of sp³-hybridized carbons (Fsp3) is 0.550. The van der Waals surface area contributed by atoms with Gasteiger partial charge in [0.2, 0.25) is 0 Å². The Bertz CT molecular complexity index is 633. The number of nitrogens with one attached hydrogen (secondary N) is 1. The van der Waals surface area contributed by atoms with Crippen LogP contribution in [0.2, 0.25) is 0 Å². The van der Waals surface area contributed by atoms with Gasteiger partial charge < -0.3 is 0 Å². The van der Waals surface area contributed by atoms with Crippen molar-refractivity contribution in [1.82, 2.24) is 15.1 Å². The van der Waals surface area contributed by atoms with Crippen LogP contribution in [0.15, 0.2) is 35.4 Å². The van der Waals surface area contributed by atoms with Gasteiger partial charge in [0.05, 0.1) is 6.20 Å². The third kappa shape index (κ3) is 4.42. The summed E-state index contributed by atoms with van der Waals surface area (Å²) in [7, 11) is 0. The average Bonchev–Trinajstić information content (AvgIpc) is 3.03. The van der Waals surface area contributed by atoms with E-state index in [1.54, 1.807) is 11.8 Å². The Morgan fingerprint density at radius 3 is 2.79 bits per heavy atom. The fourth-order valence-corrected chi connectivity index (χ4v) is 4.11. The molecule has 0 aliphatic carbocycles. The second-order valence-corrected chi connectivity index (χ2v) is 8.21. The number of thioether (sulfide) groups is 1. The second-order valence-electron chi connectivity index (χ2n) is 7.33. The molecule has 1 saturated heterocycles. The summed E-state index contributed by atoms with van der Waals surface area (Å²) >= 11 is 1.80. The highest BCUT2D eigenvalue weighted by Gasteiger charge is 2.24. The number of aromatic nitrogens is 2. The molecule has 0 spiro atoms. The van der Waals surface area contributed by atoms with Crippen LogP contribution in [0.5, 0.6) is 0 Å². The standard InChI is InChI=1S/C20H29N3S/c1-15(2)11-18-12-21-22-20(18)17-5-4-10-23(14-17)13-16-6-8-19(24-3)9-7-16/h6-9,12,15,17H,4-5,10-11,13-14H2,1-3H3,(H,21,22). The number of hydrogen-bond donors (Lipinski definition) is 1. The molecule has 1 aromatic carbocycles. The maximum atomic E-state index is 4.33. The van der Waals surface area contributed by atoms with E-state index in [2.05, 4.69) is 59.5 Å². The molecule has 24 heavy (non-hydrogen) atoms. The van der Waals surface area contributed by atoms with Crippen LogP contribution in [0.25, 0.3) is 0 Å². The van der Waals surface area contributed by atoms with E-state index in [-0.39, 0.29) is 0 Å². The highest BCUT2D eigenvalue weighted by atomic mass is 32.2. The predicted octanol–water partition coefficient (Wildman–Crippen LogP) is 4.71. The molecular weight excluding hydrogens is 314 g/mol. The van der Waals surface area contributed by atoms with Gasteiger partial charge in [0.1, 0.15) is 0 Å². The van der Waals surface area contributed by atoms with Gasteiger partial charge in [-0.2, -0.15) is 5.10 Å². The van der Waals surface area contributed by atoms with Crippen LogP contribution in [0.4, 0.5) is 0 Å². The first-order valence-corrected chi connectivity index (χ1v) is 10.3. The van der Waals surface area contributed by atoms with Crippen LogP contribution in [0.3, 0.4) is 0 Å². The number of aromatic amines is 1. The van der Waals surface area contributed by atoms with Gasteiger partial charge in [0.25, 0.3) is 0 Å². The van der Waals surface area contributed by atoms with Crippen LogP contribution in [-0.2, 0) is 13.0 Å². The molecule has 0 radical (unpaired) electrons. The highest BCUT2D eigenvalue weighted by molar-refractivity contribution is 7.98. The van der Waals surface area contributed by atoms with Crippen molar-refractivity contribution in [2.75, 3.05) is 19.3 Å². The van der Waals surface area contributed by atoms with Crippen molar-refractivity contribution in [2.45, 2.75) is 50.5 Å². The molecule has 1 atom stereocenters. The molecule has 1 fully saturated rings. The molecule has 0 amide bonds. The maximum Gasteiger partial charge on any atom is 0.0522 e. The van der Waals surface area contributed by atoms with Crippen LogP contribution in [-0.4, -0.2) is 34.4 Å². The summed E-state index contributed by atoms with van der Waals surface area (Å²) in [6.07, 6.45) is 7.83. The molecule has 4 heteroatoms. The molecule has 1 aliphatic rings. The van der Waals surface area contributed by atoms with Gasteiger partial charge in [-0.15, -0.1) is 11.8 Å². The van der Waals surface area contributed by atoms with Crippen molar-refractivity contribution in [1.29, 1.82) is 0 Å². The molecule has 3 rings (SSSR count). The Morgan fingerprint density at radius 1 is 1.29 bits per heavy atom. The summed E-state index contributed by atoms with van der Waals surface area (Å²) in [5.74, 6) is 1.27. The van der Waals surface area contributed by atoms with Gasteiger partial charge in [-0.3, -0.25) is 10.00 Å². The van der Waals surface area contributed by atoms with Crippen molar-refractivity contribution in [3.63, 3.8) is 0 Å². The van der Waals surface area contributed by atoms with E-state index < -0.39 is 0 Å². The summed E-state index contributed by atoms with van der Waals surface area (Å²) in [6, 6.07) is 9.01. The number of piperidine rings is 1. The van der Waals surface area contributed by atoms with Crippen LogP contribution < -0.4 is 0 Å². The Morgan fingerprint density at radius 2 is 2.08 bits per heavy atom. The average molecular weight is 344 g/mol. The van der Waals surface area contributed by atoms with Gasteiger partial charge in [-0.25, -0.2) is 0 Å². The van der Waals surface area contributed by atoms with Crippen LogP contribution in [0, 0.1) is 5.92 Å². The topological polar surface area (TPSA) is 31.9 Å². The summed E-state index contributed by atoms with van der Waals surface area (Å²) in [5.41, 5.74) is 4.22. The lowest BCUT2D eigenvalue weighted by Crippen LogP contribution is -2.34. The summed E-state index contributed by atoms with van der Waals surface area (Å²) in [5, 5.41) is 7.63. The lowest BCUT2D eigenvalue weighted by molar-refractivity contribution is 0.198. The largest absolute Gasteiger partial charge is 0.298 e. The number of likely N-dealkylation sites (tertiary alicyclic amines) is 1. The van der Waals surface area contributed by atoms with E-state index in [0.29, 0.717) is 11.8 Å². The number of hydrogen-bond acceptors (Lipinski definition) is 3. The van der Waals surface area contributed by atoms with Crippen molar-refractivity contribution in [3.8, 4) is 0 Å². The summed E-state index contributed by atoms with van der Waals surface area (Å²) < 4.78 is 0. The molecular formula is C20H29N3S. The van der Waals surface area contributed by atoms with E-state index in [0.717, 1.165) is 19.5 Å². The molecule has 1 aliphatic heterocycles. The number of nitrogens with zero attached hydrogens (tertiary/aromatic N) is 2. The van der Waals surface area contributed by atoms with Crippen LogP contribution >= 0.6 is 11.8 Å². The lowest BCUT2D eigenvalue weighted by Gasteiger charge is -2.32. The van der Waals surface area contributed by atoms with E-state index in [9.17, 15) is 0 Å². The minimum atomic E-state index is 0.598. The van der Waals surface area contributed by atoms with Crippen molar-refractivity contribution in [2.24, 2.45) is 5.92 Å². The quantitative estimate of drug-likeness (QED) is 0.771. The maximum absolute atomic E-state index is 4.33. The SMILES string of the molecule is CSc1ccc(CN2CCCC(c3[nH]ncc3CC(C)C)C2)cc1. The molecule has 130 valence electrons. The van der Waals surface area contributed by atoms with Crippen molar-refractivity contribution < 1.29 is 0 Å². The highest BCUT2D eigenvalue weighted by Crippen LogP contribution is 2.29. The van der Waals surface area contributed by atoms with E-state index in [4.69, 9.17) is 0 Å². The van der Waals surface area contributed by atoms with Gasteiger partial charge in [0, 0.05) is 29.6 Å². The van der Waals surface area contributed by atoms with E-state index >= 15 is 0 Å². The lowest BCUT2D eigenvalue weighted by atomic mass is 9.90. The number of H-pyrrole nitrogens is 1. The second kappa shape index (κ2) is 8.21. The molecule has 1 aromatic heterocycles. The zero-order valence-electron chi connectivity index (χ0n) is 15.1. The first kappa shape index (κ1) is 17.6. The third-order valence-corrected chi connectivity index (χ3v) is 5.60. The molecule has 2 aromatic rings. The van der Waals surface area contributed by atoms with Crippen LogP contribution in [0.1, 0.15) is 49.4 Å². The number of benzene rings is 1. The zero-order chi connectivity index (χ0) is 16.9. The van der Waals surface area contributed by atoms with E-state index in [1.807, 2.05) is 6.20 Å². The van der Waals surface area contributed by atoms with Gasteiger partial charge >= 0.3 is 0 Å². The molecule has 1 N–H and O–H groups in total.